The molecule has 1 aromatic heterocycles. The van der Waals surface area contributed by atoms with E-state index in [1.54, 1.807) is 31.2 Å². The lowest BCUT2D eigenvalue weighted by molar-refractivity contribution is 0.0953. The summed E-state index contributed by atoms with van der Waals surface area (Å²) >= 11 is 0. The SMILES string of the molecule is Cc1nc(-c2ccc(F)cc2)ccc1C(=O)NCCc1ccccc1. The molecule has 0 spiro atoms. The van der Waals surface area contributed by atoms with Gasteiger partial charge < -0.3 is 5.32 Å². The van der Waals surface area contributed by atoms with Crippen LogP contribution in [-0.2, 0) is 6.42 Å². The van der Waals surface area contributed by atoms with Gasteiger partial charge in [-0.05, 0) is 55.3 Å². The van der Waals surface area contributed by atoms with E-state index in [1.165, 1.54) is 17.7 Å². The molecule has 1 N–H and O–H groups in total. The van der Waals surface area contributed by atoms with Gasteiger partial charge in [0.1, 0.15) is 5.82 Å². The first-order valence-electron chi connectivity index (χ1n) is 8.19. The summed E-state index contributed by atoms with van der Waals surface area (Å²) in [5.41, 5.74) is 3.93. The smallest absolute Gasteiger partial charge is 0.253 e. The number of carbonyl (C=O) groups is 1. The van der Waals surface area contributed by atoms with Crippen LogP contribution in [0.1, 0.15) is 21.6 Å². The van der Waals surface area contributed by atoms with Gasteiger partial charge in [-0.2, -0.15) is 0 Å². The molecule has 0 saturated heterocycles. The zero-order chi connectivity index (χ0) is 17.6. The van der Waals surface area contributed by atoms with Gasteiger partial charge in [0.25, 0.3) is 5.91 Å². The Morgan fingerprint density at radius 2 is 1.72 bits per heavy atom. The van der Waals surface area contributed by atoms with Crippen molar-refractivity contribution < 1.29 is 9.18 Å². The summed E-state index contributed by atoms with van der Waals surface area (Å²) in [6, 6.07) is 19.7. The zero-order valence-electron chi connectivity index (χ0n) is 14.0. The highest BCUT2D eigenvalue weighted by molar-refractivity contribution is 5.95. The molecule has 1 heterocycles. The number of amides is 1. The van der Waals surface area contributed by atoms with E-state index in [9.17, 15) is 9.18 Å². The van der Waals surface area contributed by atoms with E-state index in [0.717, 1.165) is 17.7 Å². The molecule has 0 atom stereocenters. The van der Waals surface area contributed by atoms with E-state index in [0.29, 0.717) is 17.8 Å². The Hall–Kier alpha value is -3.01. The van der Waals surface area contributed by atoms with Gasteiger partial charge >= 0.3 is 0 Å². The van der Waals surface area contributed by atoms with Crippen LogP contribution in [0.25, 0.3) is 11.3 Å². The summed E-state index contributed by atoms with van der Waals surface area (Å²) in [7, 11) is 0. The molecule has 0 aliphatic heterocycles. The molecular weight excluding hydrogens is 315 g/mol. The molecule has 0 aliphatic rings. The number of carbonyl (C=O) groups excluding carboxylic acids is 1. The van der Waals surface area contributed by atoms with Crippen LogP contribution in [0, 0.1) is 12.7 Å². The van der Waals surface area contributed by atoms with Gasteiger partial charge in [0.05, 0.1) is 17.0 Å². The van der Waals surface area contributed by atoms with Crippen molar-refractivity contribution >= 4 is 5.91 Å². The van der Waals surface area contributed by atoms with Gasteiger partial charge in [-0.1, -0.05) is 30.3 Å². The summed E-state index contributed by atoms with van der Waals surface area (Å²) in [5, 5.41) is 2.93. The Balaban J connectivity index is 1.66. The highest BCUT2D eigenvalue weighted by Crippen LogP contribution is 2.19. The lowest BCUT2D eigenvalue weighted by Gasteiger charge is -2.09. The molecule has 0 radical (unpaired) electrons. The van der Waals surface area contributed by atoms with E-state index in [2.05, 4.69) is 10.3 Å². The van der Waals surface area contributed by atoms with E-state index in [1.807, 2.05) is 30.3 Å². The van der Waals surface area contributed by atoms with Crippen LogP contribution in [0.3, 0.4) is 0 Å². The summed E-state index contributed by atoms with van der Waals surface area (Å²) in [5.74, 6) is -0.415. The number of hydrogen-bond acceptors (Lipinski definition) is 2. The van der Waals surface area contributed by atoms with Crippen LogP contribution in [0.4, 0.5) is 4.39 Å². The monoisotopic (exact) mass is 334 g/mol. The standard InChI is InChI=1S/C21H19FN2O/c1-15-19(21(25)23-14-13-16-5-3-2-4-6-16)11-12-20(24-15)17-7-9-18(22)10-8-17/h2-12H,13-14H2,1H3,(H,23,25). The number of hydrogen-bond donors (Lipinski definition) is 1. The molecule has 25 heavy (non-hydrogen) atoms. The van der Waals surface area contributed by atoms with Crippen molar-refractivity contribution in [3.05, 3.63) is 89.4 Å². The number of aryl methyl sites for hydroxylation is 1. The van der Waals surface area contributed by atoms with Gasteiger partial charge in [0.15, 0.2) is 0 Å². The minimum Gasteiger partial charge on any atom is -0.352 e. The Labute approximate surface area is 146 Å². The van der Waals surface area contributed by atoms with Gasteiger partial charge in [-0.3, -0.25) is 9.78 Å². The molecule has 0 bridgehead atoms. The molecule has 0 unspecified atom stereocenters. The van der Waals surface area contributed by atoms with Gasteiger partial charge in [0, 0.05) is 12.1 Å². The fraction of sp³-hybridized carbons (Fsp3) is 0.143. The fourth-order valence-electron chi connectivity index (χ4n) is 2.64. The van der Waals surface area contributed by atoms with E-state index in [4.69, 9.17) is 0 Å². The van der Waals surface area contributed by atoms with E-state index < -0.39 is 0 Å². The van der Waals surface area contributed by atoms with Crippen molar-refractivity contribution in [3.63, 3.8) is 0 Å². The maximum atomic E-state index is 13.0. The number of benzene rings is 2. The molecule has 0 saturated carbocycles. The largest absolute Gasteiger partial charge is 0.352 e. The van der Waals surface area contributed by atoms with Crippen molar-refractivity contribution in [2.45, 2.75) is 13.3 Å². The van der Waals surface area contributed by atoms with Crippen LogP contribution in [0.2, 0.25) is 0 Å². The lowest BCUT2D eigenvalue weighted by Crippen LogP contribution is -2.26. The van der Waals surface area contributed by atoms with Gasteiger partial charge in [-0.15, -0.1) is 0 Å². The highest BCUT2D eigenvalue weighted by atomic mass is 19.1. The Morgan fingerprint density at radius 3 is 2.40 bits per heavy atom. The molecule has 0 fully saturated rings. The maximum absolute atomic E-state index is 13.0. The quantitative estimate of drug-likeness (QED) is 0.761. The zero-order valence-corrected chi connectivity index (χ0v) is 14.0. The first-order valence-corrected chi connectivity index (χ1v) is 8.19. The van der Waals surface area contributed by atoms with E-state index >= 15 is 0 Å². The fourth-order valence-corrected chi connectivity index (χ4v) is 2.64. The van der Waals surface area contributed by atoms with Crippen molar-refractivity contribution in [2.75, 3.05) is 6.54 Å². The second-order valence-corrected chi connectivity index (χ2v) is 5.83. The van der Waals surface area contributed by atoms with Gasteiger partial charge in [-0.25, -0.2) is 4.39 Å². The second-order valence-electron chi connectivity index (χ2n) is 5.83. The van der Waals surface area contributed by atoms with Gasteiger partial charge in [0.2, 0.25) is 0 Å². The second kappa shape index (κ2) is 7.71. The minimum absolute atomic E-state index is 0.133. The molecule has 0 aliphatic carbocycles. The predicted molar refractivity (Wildman–Crippen MR) is 96.8 cm³/mol. The summed E-state index contributed by atoms with van der Waals surface area (Å²) in [6.45, 7) is 2.38. The first kappa shape index (κ1) is 16.8. The van der Waals surface area contributed by atoms with Crippen molar-refractivity contribution in [1.82, 2.24) is 10.3 Å². The first-order chi connectivity index (χ1) is 12.1. The maximum Gasteiger partial charge on any atom is 0.253 e. The molecule has 1 amide bonds. The lowest BCUT2D eigenvalue weighted by atomic mass is 10.1. The third kappa shape index (κ3) is 4.29. The minimum atomic E-state index is -0.283. The molecule has 3 aromatic rings. The summed E-state index contributed by atoms with van der Waals surface area (Å²) in [4.78, 5) is 16.8. The predicted octanol–water partition coefficient (Wildman–Crippen LogP) is 4.17. The molecular formula is C21H19FN2O. The van der Waals surface area contributed by atoms with Crippen molar-refractivity contribution in [2.24, 2.45) is 0 Å². The highest BCUT2D eigenvalue weighted by Gasteiger charge is 2.11. The summed E-state index contributed by atoms with van der Waals surface area (Å²) < 4.78 is 13.0. The topological polar surface area (TPSA) is 42.0 Å². The number of halogens is 1. The third-order valence-corrected chi connectivity index (χ3v) is 4.01. The number of pyridine rings is 1. The molecule has 4 heteroatoms. The Morgan fingerprint density at radius 1 is 1.00 bits per heavy atom. The summed E-state index contributed by atoms with van der Waals surface area (Å²) in [6.07, 6.45) is 0.784. The number of nitrogens with zero attached hydrogens (tertiary/aromatic N) is 1. The normalized spacial score (nSPS) is 10.5. The average molecular weight is 334 g/mol. The number of aromatic nitrogens is 1. The Bertz CT molecular complexity index is 861. The molecule has 3 rings (SSSR count). The van der Waals surface area contributed by atoms with Crippen LogP contribution in [0.15, 0.2) is 66.7 Å². The molecule has 126 valence electrons. The Kier molecular flexibility index (Phi) is 5.19. The van der Waals surface area contributed by atoms with Crippen LogP contribution in [0.5, 0.6) is 0 Å². The average Bonchev–Trinajstić information content (AvgIpc) is 2.63. The number of nitrogens with one attached hydrogen (secondary N) is 1. The molecule has 3 nitrogen and oxygen atoms in total. The third-order valence-electron chi connectivity index (χ3n) is 4.01. The number of rotatable bonds is 5. The van der Waals surface area contributed by atoms with E-state index in [-0.39, 0.29) is 11.7 Å². The molecule has 2 aromatic carbocycles. The van der Waals surface area contributed by atoms with Crippen LogP contribution >= 0.6 is 0 Å². The van der Waals surface area contributed by atoms with Crippen molar-refractivity contribution in [3.8, 4) is 11.3 Å². The van der Waals surface area contributed by atoms with Crippen LogP contribution in [-0.4, -0.2) is 17.4 Å². The van der Waals surface area contributed by atoms with Crippen LogP contribution < -0.4 is 5.32 Å². The van der Waals surface area contributed by atoms with Crippen molar-refractivity contribution in [1.29, 1.82) is 0 Å².